The standard InChI is InChI=1S/C13H19NO3/c1-3-7-11(16-2)12(14)17-13(15)10-8-5-4-6-9-10/h3,7,10,14H,1,4-6,8-9H2,2H3/b11-7-,14-12?. The molecule has 4 nitrogen and oxygen atoms in total. The Morgan fingerprint density at radius 3 is 2.53 bits per heavy atom. The Morgan fingerprint density at radius 2 is 2.00 bits per heavy atom. The Morgan fingerprint density at radius 1 is 1.35 bits per heavy atom. The van der Waals surface area contributed by atoms with Gasteiger partial charge >= 0.3 is 5.97 Å². The molecular formula is C13H19NO3. The summed E-state index contributed by atoms with van der Waals surface area (Å²) in [6.45, 7) is 3.51. The van der Waals surface area contributed by atoms with E-state index >= 15 is 0 Å². The molecule has 0 heterocycles. The molecular weight excluding hydrogens is 218 g/mol. The van der Waals surface area contributed by atoms with Crippen molar-refractivity contribution in [3.63, 3.8) is 0 Å². The number of carbonyl (C=O) groups is 1. The van der Waals surface area contributed by atoms with E-state index in [0.717, 1.165) is 25.7 Å². The average Bonchev–Trinajstić information content (AvgIpc) is 2.36. The summed E-state index contributed by atoms with van der Waals surface area (Å²) in [5.41, 5.74) is 0. The van der Waals surface area contributed by atoms with E-state index in [0.29, 0.717) is 0 Å². The molecule has 0 unspecified atom stereocenters. The molecule has 4 heteroatoms. The second kappa shape index (κ2) is 6.89. The average molecular weight is 237 g/mol. The van der Waals surface area contributed by atoms with E-state index < -0.39 is 0 Å². The van der Waals surface area contributed by atoms with Crippen molar-refractivity contribution in [2.24, 2.45) is 5.92 Å². The largest absolute Gasteiger partial charge is 0.491 e. The van der Waals surface area contributed by atoms with E-state index in [4.69, 9.17) is 14.9 Å². The van der Waals surface area contributed by atoms with E-state index in [1.807, 2.05) is 0 Å². The molecule has 94 valence electrons. The number of methoxy groups -OCH3 is 1. The Bertz CT molecular complexity index is 328. The number of nitrogens with one attached hydrogen (secondary N) is 1. The van der Waals surface area contributed by atoms with Crippen LogP contribution in [0.4, 0.5) is 0 Å². The molecule has 17 heavy (non-hydrogen) atoms. The third kappa shape index (κ3) is 4.06. The zero-order valence-electron chi connectivity index (χ0n) is 10.2. The molecule has 0 atom stereocenters. The normalized spacial score (nSPS) is 17.4. The lowest BCUT2D eigenvalue weighted by molar-refractivity contribution is -0.141. The number of ether oxygens (including phenoxy) is 2. The van der Waals surface area contributed by atoms with Crippen LogP contribution >= 0.6 is 0 Å². The smallest absolute Gasteiger partial charge is 0.315 e. The van der Waals surface area contributed by atoms with E-state index in [1.165, 1.54) is 25.7 Å². The molecule has 0 spiro atoms. The number of hydrogen-bond donors (Lipinski definition) is 1. The first kappa shape index (κ1) is 13.5. The van der Waals surface area contributed by atoms with Crippen molar-refractivity contribution >= 4 is 11.9 Å². The van der Waals surface area contributed by atoms with E-state index in [9.17, 15) is 4.79 Å². The molecule has 1 aliphatic carbocycles. The predicted molar refractivity (Wildman–Crippen MR) is 65.7 cm³/mol. The first-order valence-electron chi connectivity index (χ1n) is 5.86. The Labute approximate surface area is 102 Å². The van der Waals surface area contributed by atoms with E-state index in [-0.39, 0.29) is 23.5 Å². The van der Waals surface area contributed by atoms with Crippen molar-refractivity contribution in [1.29, 1.82) is 5.41 Å². The fourth-order valence-corrected chi connectivity index (χ4v) is 1.92. The Balaban J connectivity index is 2.52. The van der Waals surface area contributed by atoms with Crippen LogP contribution in [0.5, 0.6) is 0 Å². The highest BCUT2D eigenvalue weighted by atomic mass is 16.6. The number of esters is 1. The molecule has 1 rings (SSSR count). The van der Waals surface area contributed by atoms with Crippen molar-refractivity contribution in [3.05, 3.63) is 24.5 Å². The van der Waals surface area contributed by atoms with Gasteiger partial charge in [-0.3, -0.25) is 10.2 Å². The molecule has 0 amide bonds. The molecule has 1 N–H and O–H groups in total. The van der Waals surface area contributed by atoms with Gasteiger partial charge in [-0.05, 0) is 18.9 Å². The van der Waals surface area contributed by atoms with Gasteiger partial charge in [-0.25, -0.2) is 0 Å². The zero-order chi connectivity index (χ0) is 12.7. The maximum Gasteiger partial charge on any atom is 0.315 e. The first-order valence-corrected chi connectivity index (χ1v) is 5.86. The minimum atomic E-state index is -0.318. The molecule has 0 bridgehead atoms. The summed E-state index contributed by atoms with van der Waals surface area (Å²) in [7, 11) is 1.43. The summed E-state index contributed by atoms with van der Waals surface area (Å²) in [5.74, 6) is -0.417. The summed E-state index contributed by atoms with van der Waals surface area (Å²) in [6, 6.07) is 0. The first-order chi connectivity index (χ1) is 8.19. The van der Waals surface area contributed by atoms with Gasteiger partial charge in [0.05, 0.1) is 13.0 Å². The molecule has 1 saturated carbocycles. The highest BCUT2D eigenvalue weighted by molar-refractivity contribution is 5.97. The molecule has 0 radical (unpaired) electrons. The lowest BCUT2D eigenvalue weighted by Crippen LogP contribution is -2.24. The van der Waals surface area contributed by atoms with Gasteiger partial charge in [0.1, 0.15) is 0 Å². The van der Waals surface area contributed by atoms with Gasteiger partial charge in [-0.2, -0.15) is 0 Å². The van der Waals surface area contributed by atoms with Crippen LogP contribution in [0.2, 0.25) is 0 Å². The molecule has 0 aromatic carbocycles. The quantitative estimate of drug-likeness (QED) is 0.269. The number of rotatable bonds is 4. The lowest BCUT2D eigenvalue weighted by Gasteiger charge is -2.19. The highest BCUT2D eigenvalue weighted by Crippen LogP contribution is 2.24. The van der Waals surface area contributed by atoms with Crippen LogP contribution in [0, 0.1) is 11.3 Å². The topological polar surface area (TPSA) is 59.4 Å². The Kier molecular flexibility index (Phi) is 5.46. The molecule has 0 aromatic rings. The summed E-state index contributed by atoms with van der Waals surface area (Å²) in [4.78, 5) is 11.8. The summed E-state index contributed by atoms with van der Waals surface area (Å²) < 4.78 is 9.93. The van der Waals surface area contributed by atoms with E-state index in [1.54, 1.807) is 0 Å². The van der Waals surface area contributed by atoms with Crippen LogP contribution in [-0.4, -0.2) is 19.0 Å². The second-order valence-corrected chi connectivity index (χ2v) is 4.06. The zero-order valence-corrected chi connectivity index (χ0v) is 10.2. The summed E-state index contributed by atoms with van der Waals surface area (Å²) in [6.07, 6.45) is 8.01. The van der Waals surface area contributed by atoms with Gasteiger partial charge < -0.3 is 9.47 Å². The summed E-state index contributed by atoms with van der Waals surface area (Å²) in [5, 5.41) is 7.61. The maximum absolute atomic E-state index is 11.8. The van der Waals surface area contributed by atoms with Gasteiger partial charge in [-0.1, -0.05) is 31.9 Å². The van der Waals surface area contributed by atoms with Crippen LogP contribution in [-0.2, 0) is 14.3 Å². The lowest BCUT2D eigenvalue weighted by atomic mass is 9.89. The maximum atomic E-state index is 11.8. The molecule has 1 fully saturated rings. The minimum Gasteiger partial charge on any atom is -0.491 e. The third-order valence-electron chi connectivity index (χ3n) is 2.85. The molecule has 0 saturated heterocycles. The molecule has 1 aliphatic rings. The van der Waals surface area contributed by atoms with Crippen LogP contribution in [0.1, 0.15) is 32.1 Å². The number of carbonyl (C=O) groups excluding carboxylic acids is 1. The minimum absolute atomic E-state index is 0.0639. The third-order valence-corrected chi connectivity index (χ3v) is 2.85. The second-order valence-electron chi connectivity index (χ2n) is 4.06. The van der Waals surface area contributed by atoms with Gasteiger partial charge in [0, 0.05) is 0 Å². The van der Waals surface area contributed by atoms with Crippen LogP contribution in [0.25, 0.3) is 0 Å². The fraction of sp³-hybridized carbons (Fsp3) is 0.538. The van der Waals surface area contributed by atoms with Crippen molar-refractivity contribution in [2.75, 3.05) is 7.11 Å². The van der Waals surface area contributed by atoms with Crippen molar-refractivity contribution in [3.8, 4) is 0 Å². The van der Waals surface area contributed by atoms with Crippen molar-refractivity contribution in [2.45, 2.75) is 32.1 Å². The van der Waals surface area contributed by atoms with Gasteiger partial charge in [0.25, 0.3) is 5.90 Å². The number of hydrogen-bond acceptors (Lipinski definition) is 4. The van der Waals surface area contributed by atoms with Gasteiger partial charge in [-0.15, -0.1) is 0 Å². The van der Waals surface area contributed by atoms with Crippen LogP contribution in [0.15, 0.2) is 24.5 Å². The fourth-order valence-electron chi connectivity index (χ4n) is 1.92. The van der Waals surface area contributed by atoms with Gasteiger partial charge in [0.15, 0.2) is 5.76 Å². The molecule has 0 aliphatic heterocycles. The van der Waals surface area contributed by atoms with E-state index in [2.05, 4.69) is 6.58 Å². The predicted octanol–water partition coefficient (Wildman–Crippen LogP) is 2.80. The molecule has 0 aromatic heterocycles. The SMILES string of the molecule is C=C/C=C(\OC)C(=N)OC(=O)C1CCCCC1. The van der Waals surface area contributed by atoms with Crippen LogP contribution in [0.3, 0.4) is 0 Å². The highest BCUT2D eigenvalue weighted by Gasteiger charge is 2.24. The van der Waals surface area contributed by atoms with Crippen molar-refractivity contribution in [1.82, 2.24) is 0 Å². The monoisotopic (exact) mass is 237 g/mol. The number of allylic oxidation sites excluding steroid dienone is 2. The van der Waals surface area contributed by atoms with Gasteiger partial charge in [0.2, 0.25) is 0 Å². The summed E-state index contributed by atoms with van der Waals surface area (Å²) >= 11 is 0. The Hall–Kier alpha value is -1.58. The van der Waals surface area contributed by atoms with Crippen molar-refractivity contribution < 1.29 is 14.3 Å². The van der Waals surface area contributed by atoms with Crippen LogP contribution < -0.4 is 0 Å².